The van der Waals surface area contributed by atoms with Crippen molar-refractivity contribution >= 4 is 33.7 Å². The summed E-state index contributed by atoms with van der Waals surface area (Å²) >= 11 is 2.08. The van der Waals surface area contributed by atoms with Gasteiger partial charge in [-0.15, -0.1) is 0 Å². The minimum atomic E-state index is -0.783. The second-order valence-electron chi connectivity index (χ2n) is 6.61. The van der Waals surface area contributed by atoms with Crippen molar-refractivity contribution in [1.82, 2.24) is 19.7 Å². The number of aromatic nitrogens is 4. The molecular weight excluding hydrogens is 465 g/mol. The molecular formula is C19H13F2IN4O. The molecule has 5 rings (SSSR count). The van der Waals surface area contributed by atoms with E-state index in [1.807, 2.05) is 12.3 Å². The van der Waals surface area contributed by atoms with E-state index in [4.69, 9.17) is 4.42 Å². The average molecular weight is 478 g/mol. The molecule has 1 aromatic carbocycles. The molecule has 27 heavy (non-hydrogen) atoms. The van der Waals surface area contributed by atoms with Crippen LogP contribution in [0.1, 0.15) is 18.9 Å². The summed E-state index contributed by atoms with van der Waals surface area (Å²) in [6.07, 6.45) is 3.65. The predicted molar refractivity (Wildman–Crippen MR) is 104 cm³/mol. The van der Waals surface area contributed by atoms with E-state index in [0.717, 1.165) is 14.7 Å². The number of rotatable bonds is 3. The molecule has 8 heteroatoms. The summed E-state index contributed by atoms with van der Waals surface area (Å²) in [5.41, 5.74) is 2.59. The molecule has 1 aliphatic rings. The van der Waals surface area contributed by atoms with Crippen molar-refractivity contribution in [3.63, 3.8) is 0 Å². The molecule has 0 radical (unpaired) electrons. The molecule has 0 spiro atoms. The first kappa shape index (κ1) is 16.8. The highest BCUT2D eigenvalue weighted by Crippen LogP contribution is 2.38. The number of alkyl halides is 1. The van der Waals surface area contributed by atoms with Crippen molar-refractivity contribution in [3.8, 4) is 22.6 Å². The van der Waals surface area contributed by atoms with Crippen LogP contribution in [0.3, 0.4) is 0 Å². The van der Waals surface area contributed by atoms with E-state index in [9.17, 15) is 8.78 Å². The van der Waals surface area contributed by atoms with Gasteiger partial charge in [0.2, 0.25) is 5.71 Å². The van der Waals surface area contributed by atoms with Crippen molar-refractivity contribution < 1.29 is 13.2 Å². The minimum Gasteiger partial charge on any atom is -0.432 e. The zero-order chi connectivity index (χ0) is 18.5. The first-order valence-electron chi connectivity index (χ1n) is 8.48. The van der Waals surface area contributed by atoms with E-state index in [1.54, 1.807) is 23.0 Å². The molecule has 1 saturated carbocycles. The summed E-state index contributed by atoms with van der Waals surface area (Å²) in [6, 6.07) is 7.98. The van der Waals surface area contributed by atoms with Crippen LogP contribution in [-0.2, 0) is 0 Å². The highest BCUT2D eigenvalue weighted by molar-refractivity contribution is 14.1. The van der Waals surface area contributed by atoms with Gasteiger partial charge in [0.15, 0.2) is 9.59 Å². The number of hydrogen-bond acceptors (Lipinski definition) is 4. The molecule has 3 heterocycles. The summed E-state index contributed by atoms with van der Waals surface area (Å²) < 4.78 is 34.7. The normalized spacial score (nSPS) is 19.4. The number of hydrogen-bond donors (Lipinski definition) is 0. The third-order valence-electron chi connectivity index (χ3n) is 4.76. The first-order valence-corrected chi connectivity index (χ1v) is 9.56. The van der Waals surface area contributed by atoms with Crippen molar-refractivity contribution in [1.29, 1.82) is 0 Å². The summed E-state index contributed by atoms with van der Waals surface area (Å²) in [6.45, 7) is 0. The Labute approximate surface area is 166 Å². The van der Waals surface area contributed by atoms with Gasteiger partial charge in [-0.05, 0) is 46.9 Å². The van der Waals surface area contributed by atoms with Crippen molar-refractivity contribution in [2.24, 2.45) is 0 Å². The third-order valence-corrected chi connectivity index (χ3v) is 5.30. The highest BCUT2D eigenvalue weighted by Gasteiger charge is 2.32. The molecule has 4 aromatic rings. The van der Waals surface area contributed by atoms with Gasteiger partial charge in [0.1, 0.15) is 17.7 Å². The Morgan fingerprint density at radius 2 is 1.96 bits per heavy atom. The molecule has 1 aliphatic carbocycles. The molecule has 3 aromatic heterocycles. The molecule has 0 atom stereocenters. The number of fused-ring (bicyclic) bond motifs is 1. The number of halogens is 3. The monoisotopic (exact) mass is 478 g/mol. The van der Waals surface area contributed by atoms with Gasteiger partial charge in [0.25, 0.3) is 0 Å². The van der Waals surface area contributed by atoms with Crippen LogP contribution in [0.2, 0.25) is 0 Å². The Morgan fingerprint density at radius 3 is 2.70 bits per heavy atom. The predicted octanol–water partition coefficient (Wildman–Crippen LogP) is 5.17. The zero-order valence-electron chi connectivity index (χ0n) is 13.9. The van der Waals surface area contributed by atoms with Crippen molar-refractivity contribution in [2.75, 3.05) is 0 Å². The quantitative estimate of drug-likeness (QED) is 0.382. The average Bonchev–Trinajstić information content (AvgIpc) is 3.21. The van der Waals surface area contributed by atoms with Gasteiger partial charge in [-0.3, -0.25) is 4.68 Å². The number of furan rings is 1. The Balaban J connectivity index is 1.64. The Kier molecular flexibility index (Phi) is 3.96. The van der Waals surface area contributed by atoms with Crippen LogP contribution < -0.4 is 0 Å². The SMILES string of the molecule is Fc1ccc(-c2nn(C3CC(F)C3)cc2-c2ncc3cc(I)oc3n2)cc1. The van der Waals surface area contributed by atoms with Crippen LogP contribution in [0.15, 0.2) is 47.1 Å². The maximum atomic E-state index is 13.3. The van der Waals surface area contributed by atoms with E-state index >= 15 is 0 Å². The molecule has 1 fully saturated rings. The second kappa shape index (κ2) is 6.36. The molecule has 0 bridgehead atoms. The van der Waals surface area contributed by atoms with Crippen molar-refractivity contribution in [2.45, 2.75) is 25.1 Å². The fourth-order valence-corrected chi connectivity index (χ4v) is 3.77. The summed E-state index contributed by atoms with van der Waals surface area (Å²) in [5.74, 6) is 0.150. The van der Waals surface area contributed by atoms with E-state index < -0.39 is 6.17 Å². The van der Waals surface area contributed by atoms with Gasteiger partial charge in [-0.1, -0.05) is 0 Å². The molecule has 5 nitrogen and oxygen atoms in total. The topological polar surface area (TPSA) is 56.7 Å². The second-order valence-corrected chi connectivity index (χ2v) is 7.67. The van der Waals surface area contributed by atoms with E-state index in [1.165, 1.54) is 12.1 Å². The van der Waals surface area contributed by atoms with Crippen LogP contribution in [-0.4, -0.2) is 25.9 Å². The van der Waals surface area contributed by atoms with Gasteiger partial charge >= 0.3 is 0 Å². The fourth-order valence-electron chi connectivity index (χ4n) is 3.23. The van der Waals surface area contributed by atoms with Crippen LogP contribution in [0.4, 0.5) is 8.78 Å². The lowest BCUT2D eigenvalue weighted by Gasteiger charge is -2.29. The minimum absolute atomic E-state index is 0.0150. The number of benzene rings is 1. The molecule has 0 saturated heterocycles. The van der Waals surface area contributed by atoms with E-state index in [2.05, 4.69) is 37.7 Å². The Morgan fingerprint density at radius 1 is 1.19 bits per heavy atom. The number of nitrogens with zero attached hydrogens (tertiary/aromatic N) is 4. The van der Waals surface area contributed by atoms with Crippen molar-refractivity contribution in [3.05, 3.63) is 52.3 Å². The molecule has 0 N–H and O–H groups in total. The standard InChI is InChI=1S/C19H13F2IN4O/c20-12-3-1-10(2-4-12)17-15(9-26(25-17)14-6-13(21)7-14)18-23-8-11-5-16(22)27-19(11)24-18/h1-5,8-9,13-14H,6-7H2. The maximum absolute atomic E-state index is 13.3. The maximum Gasteiger partial charge on any atom is 0.230 e. The van der Waals surface area contributed by atoms with Crippen LogP contribution in [0.5, 0.6) is 0 Å². The smallest absolute Gasteiger partial charge is 0.230 e. The lowest BCUT2D eigenvalue weighted by molar-refractivity contribution is 0.128. The molecule has 0 unspecified atom stereocenters. The fraction of sp³-hybridized carbons (Fsp3) is 0.211. The van der Waals surface area contributed by atoms with Crippen LogP contribution >= 0.6 is 22.6 Å². The molecule has 136 valence electrons. The van der Waals surface area contributed by atoms with Crippen LogP contribution in [0, 0.1) is 9.58 Å². The third kappa shape index (κ3) is 3.01. The van der Waals surface area contributed by atoms with Gasteiger partial charge in [0.05, 0.1) is 17.0 Å². The lowest BCUT2D eigenvalue weighted by atomic mass is 9.91. The van der Waals surface area contributed by atoms with Gasteiger partial charge in [-0.25, -0.2) is 13.8 Å². The summed E-state index contributed by atoms with van der Waals surface area (Å²) in [4.78, 5) is 8.97. The van der Waals surface area contributed by atoms with Gasteiger partial charge in [-0.2, -0.15) is 10.1 Å². The molecule has 0 aliphatic heterocycles. The summed E-state index contributed by atoms with van der Waals surface area (Å²) in [5, 5.41) is 5.46. The first-order chi connectivity index (χ1) is 13.1. The zero-order valence-corrected chi connectivity index (χ0v) is 16.1. The Bertz CT molecular complexity index is 1130. The summed E-state index contributed by atoms with van der Waals surface area (Å²) in [7, 11) is 0. The van der Waals surface area contributed by atoms with Crippen LogP contribution in [0.25, 0.3) is 33.7 Å². The highest BCUT2D eigenvalue weighted by atomic mass is 127. The lowest BCUT2D eigenvalue weighted by Crippen LogP contribution is -2.28. The van der Waals surface area contributed by atoms with E-state index in [0.29, 0.717) is 35.6 Å². The Hall–Kier alpha value is -2.36. The van der Waals surface area contributed by atoms with E-state index in [-0.39, 0.29) is 11.9 Å². The largest absolute Gasteiger partial charge is 0.432 e. The van der Waals surface area contributed by atoms with Gasteiger partial charge in [0, 0.05) is 36.9 Å². The molecule has 0 amide bonds. The van der Waals surface area contributed by atoms with Gasteiger partial charge < -0.3 is 4.42 Å².